The van der Waals surface area contributed by atoms with Gasteiger partial charge in [-0.15, -0.1) is 0 Å². The number of benzene rings is 1. The number of pyridine rings is 1. The van der Waals surface area contributed by atoms with Crippen molar-refractivity contribution in [2.45, 2.75) is 52.0 Å². The van der Waals surface area contributed by atoms with E-state index in [1.54, 1.807) is 0 Å². The van der Waals surface area contributed by atoms with Crippen molar-refractivity contribution in [2.75, 3.05) is 0 Å². The minimum absolute atomic E-state index is 0.828. The molecule has 1 atom stereocenters. The van der Waals surface area contributed by atoms with Crippen LogP contribution in [0.1, 0.15) is 44.6 Å². The first kappa shape index (κ1) is 15.8. The fourth-order valence-corrected chi connectivity index (χ4v) is 2.74. The Morgan fingerprint density at radius 1 is 0.810 bits per heavy atom. The quantitative estimate of drug-likeness (QED) is 0.459. The van der Waals surface area contributed by atoms with E-state index >= 15 is 0 Å². The lowest BCUT2D eigenvalue weighted by Crippen LogP contribution is -2.33. The molecule has 1 aromatic heterocycles. The zero-order chi connectivity index (χ0) is 14.8. The smallest absolute Gasteiger partial charge is 0.168 e. The molecule has 2 aromatic rings. The molecule has 0 saturated carbocycles. The van der Waals surface area contributed by atoms with E-state index in [0.717, 1.165) is 12.5 Å². The predicted molar refractivity (Wildman–Crippen MR) is 89.0 cm³/mol. The molecule has 0 N–H and O–H groups in total. The molecule has 0 spiro atoms. The number of hydrogen-bond acceptors (Lipinski definition) is 0. The summed E-state index contributed by atoms with van der Waals surface area (Å²) in [6.07, 6.45) is 12.2. The maximum absolute atomic E-state index is 2.39. The van der Waals surface area contributed by atoms with Crippen molar-refractivity contribution in [3.63, 3.8) is 0 Å². The summed E-state index contributed by atoms with van der Waals surface area (Å²) in [6.45, 7) is 3.53. The number of unbranched alkanes of at least 4 members (excludes halogenated alkanes) is 2. The van der Waals surface area contributed by atoms with Crippen LogP contribution in [0, 0.1) is 5.92 Å². The van der Waals surface area contributed by atoms with Gasteiger partial charge in [0.2, 0.25) is 0 Å². The number of rotatable bonds is 9. The molecule has 0 radical (unpaired) electrons. The lowest BCUT2D eigenvalue weighted by Gasteiger charge is -2.09. The van der Waals surface area contributed by atoms with Gasteiger partial charge >= 0.3 is 0 Å². The summed E-state index contributed by atoms with van der Waals surface area (Å²) in [7, 11) is 0. The average molecular weight is 282 g/mol. The van der Waals surface area contributed by atoms with Gasteiger partial charge < -0.3 is 0 Å². The summed E-state index contributed by atoms with van der Waals surface area (Å²) in [5.74, 6) is 0.828. The number of nitrogens with zero attached hydrogens (tertiary/aromatic N) is 1. The molecule has 0 aliphatic heterocycles. The summed E-state index contributed by atoms with van der Waals surface area (Å²) in [5, 5.41) is 0. The SMILES string of the molecule is CC(CCCCCc1ccccc1)CC[n+]1ccccc1. The second-order valence-electron chi connectivity index (χ2n) is 6.09. The van der Waals surface area contributed by atoms with E-state index in [2.05, 4.69) is 72.4 Å². The van der Waals surface area contributed by atoms with Crippen LogP contribution in [0.5, 0.6) is 0 Å². The van der Waals surface area contributed by atoms with E-state index < -0.39 is 0 Å². The van der Waals surface area contributed by atoms with Gasteiger partial charge in [-0.2, -0.15) is 0 Å². The van der Waals surface area contributed by atoms with Crippen molar-refractivity contribution in [2.24, 2.45) is 5.92 Å². The molecule has 1 heterocycles. The third-order valence-corrected chi connectivity index (χ3v) is 4.16. The van der Waals surface area contributed by atoms with Gasteiger partial charge in [-0.1, -0.05) is 62.6 Å². The van der Waals surface area contributed by atoms with E-state index in [9.17, 15) is 0 Å². The van der Waals surface area contributed by atoms with E-state index in [-0.39, 0.29) is 0 Å². The fourth-order valence-electron chi connectivity index (χ4n) is 2.74. The Hall–Kier alpha value is -1.63. The molecule has 0 aliphatic carbocycles. The van der Waals surface area contributed by atoms with Crippen molar-refractivity contribution < 1.29 is 4.57 Å². The summed E-state index contributed by atoms with van der Waals surface area (Å²) in [6, 6.07) is 17.1. The molecular weight excluding hydrogens is 254 g/mol. The van der Waals surface area contributed by atoms with E-state index in [1.165, 1.54) is 44.1 Å². The maximum Gasteiger partial charge on any atom is 0.168 e. The van der Waals surface area contributed by atoms with E-state index in [1.807, 2.05) is 0 Å². The zero-order valence-electron chi connectivity index (χ0n) is 13.2. The van der Waals surface area contributed by atoms with Crippen LogP contribution in [0.25, 0.3) is 0 Å². The zero-order valence-corrected chi connectivity index (χ0v) is 13.2. The predicted octanol–water partition coefficient (Wildman–Crippen LogP) is 4.80. The minimum atomic E-state index is 0.828. The van der Waals surface area contributed by atoms with Crippen LogP contribution in [0.2, 0.25) is 0 Å². The summed E-state index contributed by atoms with van der Waals surface area (Å²) in [4.78, 5) is 0. The molecule has 0 saturated heterocycles. The molecule has 0 aliphatic rings. The van der Waals surface area contributed by atoms with Crippen LogP contribution in [0.3, 0.4) is 0 Å². The van der Waals surface area contributed by atoms with Crippen LogP contribution in [0.15, 0.2) is 60.9 Å². The lowest BCUT2D eigenvalue weighted by molar-refractivity contribution is -0.698. The Balaban J connectivity index is 1.52. The molecule has 1 nitrogen and oxygen atoms in total. The van der Waals surface area contributed by atoms with Crippen LogP contribution < -0.4 is 4.57 Å². The first-order valence-electron chi connectivity index (χ1n) is 8.32. The van der Waals surface area contributed by atoms with E-state index in [0.29, 0.717) is 0 Å². The average Bonchev–Trinajstić information content (AvgIpc) is 2.54. The highest BCUT2D eigenvalue weighted by molar-refractivity contribution is 5.14. The monoisotopic (exact) mass is 282 g/mol. The molecular formula is C20H28N+. The molecule has 112 valence electrons. The van der Waals surface area contributed by atoms with Gasteiger partial charge in [0, 0.05) is 18.6 Å². The minimum Gasteiger partial charge on any atom is -0.205 e. The Kier molecular flexibility index (Phi) is 7.00. The van der Waals surface area contributed by atoms with Gasteiger partial charge in [-0.05, 0) is 24.3 Å². The summed E-state index contributed by atoms with van der Waals surface area (Å²) >= 11 is 0. The molecule has 0 fully saturated rings. The van der Waals surface area contributed by atoms with Crippen molar-refractivity contribution in [3.05, 3.63) is 66.5 Å². The Morgan fingerprint density at radius 3 is 2.29 bits per heavy atom. The first-order chi connectivity index (χ1) is 10.3. The van der Waals surface area contributed by atoms with Gasteiger partial charge in [0.25, 0.3) is 0 Å². The van der Waals surface area contributed by atoms with Crippen molar-refractivity contribution in [3.8, 4) is 0 Å². The normalized spacial score (nSPS) is 12.2. The van der Waals surface area contributed by atoms with Crippen molar-refractivity contribution in [1.29, 1.82) is 0 Å². The maximum atomic E-state index is 2.39. The standard InChI is InChI=1S/C20H28N/c1-19(15-18-21-16-9-4-10-17-21)11-5-2-6-12-20-13-7-3-8-14-20/h3-4,7-10,13-14,16-17,19H,2,5-6,11-12,15,18H2,1H3/q+1. The molecule has 1 unspecified atom stereocenters. The number of aryl methyl sites for hydroxylation is 2. The molecule has 1 aromatic carbocycles. The number of hydrogen-bond donors (Lipinski definition) is 0. The fraction of sp³-hybridized carbons (Fsp3) is 0.450. The Bertz CT molecular complexity index is 478. The second-order valence-corrected chi connectivity index (χ2v) is 6.09. The molecule has 21 heavy (non-hydrogen) atoms. The summed E-state index contributed by atoms with van der Waals surface area (Å²) in [5.41, 5.74) is 1.48. The molecule has 2 rings (SSSR count). The third kappa shape index (κ3) is 6.57. The second kappa shape index (κ2) is 9.33. The highest BCUT2D eigenvalue weighted by atomic mass is 14.9. The largest absolute Gasteiger partial charge is 0.205 e. The Labute approximate surface area is 129 Å². The topological polar surface area (TPSA) is 3.88 Å². The van der Waals surface area contributed by atoms with Gasteiger partial charge in [0.15, 0.2) is 12.4 Å². The number of aromatic nitrogens is 1. The highest BCUT2D eigenvalue weighted by Gasteiger charge is 2.06. The highest BCUT2D eigenvalue weighted by Crippen LogP contribution is 2.14. The van der Waals surface area contributed by atoms with Crippen LogP contribution in [0.4, 0.5) is 0 Å². The molecule has 0 bridgehead atoms. The van der Waals surface area contributed by atoms with Crippen molar-refractivity contribution in [1.82, 2.24) is 0 Å². The van der Waals surface area contributed by atoms with Crippen LogP contribution >= 0.6 is 0 Å². The lowest BCUT2D eigenvalue weighted by atomic mass is 9.98. The van der Waals surface area contributed by atoms with E-state index in [4.69, 9.17) is 0 Å². The van der Waals surface area contributed by atoms with Gasteiger partial charge in [0.1, 0.15) is 6.54 Å². The molecule has 0 amide bonds. The third-order valence-electron chi connectivity index (χ3n) is 4.16. The van der Waals surface area contributed by atoms with Gasteiger partial charge in [0.05, 0.1) is 0 Å². The van der Waals surface area contributed by atoms with Gasteiger partial charge in [-0.25, -0.2) is 4.57 Å². The van der Waals surface area contributed by atoms with Crippen molar-refractivity contribution >= 4 is 0 Å². The van der Waals surface area contributed by atoms with Crippen LogP contribution in [-0.2, 0) is 13.0 Å². The van der Waals surface area contributed by atoms with Crippen LogP contribution in [-0.4, -0.2) is 0 Å². The van der Waals surface area contributed by atoms with Gasteiger partial charge in [-0.3, -0.25) is 0 Å². The molecule has 1 heteroatoms. The Morgan fingerprint density at radius 2 is 1.52 bits per heavy atom. The first-order valence-corrected chi connectivity index (χ1v) is 8.32. The summed E-state index contributed by atoms with van der Waals surface area (Å²) < 4.78 is 2.28.